The zero-order valence-corrected chi connectivity index (χ0v) is 26.0. The van der Waals surface area contributed by atoms with E-state index in [2.05, 4.69) is 20.8 Å². The Morgan fingerprint density at radius 2 is 1.44 bits per heavy atom. The first-order valence-corrected chi connectivity index (χ1v) is 13.0. The van der Waals surface area contributed by atoms with Gasteiger partial charge in [-0.15, -0.1) is 12.4 Å². The molecule has 6 N–H and O–H groups in total. The first kappa shape index (κ1) is 32.8. The molecule has 0 spiro atoms. The van der Waals surface area contributed by atoms with Crippen molar-refractivity contribution in [2.24, 2.45) is 14.1 Å². The van der Waals surface area contributed by atoms with Gasteiger partial charge in [0.25, 0.3) is 32.1 Å². The van der Waals surface area contributed by atoms with Gasteiger partial charge in [0, 0.05) is 37.3 Å². The maximum absolute atomic E-state index is 12.9. The largest absolute Gasteiger partial charge is 1.00 e. The van der Waals surface area contributed by atoms with Crippen molar-refractivity contribution in [3.8, 4) is 0 Å². The molecule has 19 heteroatoms. The van der Waals surface area contributed by atoms with Crippen LogP contribution in [0.4, 0.5) is 17.3 Å². The van der Waals surface area contributed by atoms with Gasteiger partial charge in [-0.05, 0) is 29.7 Å². The number of carbonyl (C=O) groups is 2. The van der Waals surface area contributed by atoms with Gasteiger partial charge in [0.1, 0.15) is 22.1 Å². The minimum atomic E-state index is -4.91. The summed E-state index contributed by atoms with van der Waals surface area (Å²) in [4.78, 5) is 23.8. The quantitative estimate of drug-likeness (QED) is 0.120. The topological polar surface area (TPSA) is 229 Å². The first-order valence-electron chi connectivity index (χ1n) is 10.1. The number of nitrogens with zero attached hydrogens (tertiary/aromatic N) is 4. The predicted molar refractivity (Wildman–Crippen MR) is 138 cm³/mol. The summed E-state index contributed by atoms with van der Waals surface area (Å²) in [6.45, 7) is 0. The molecule has 2 amide bonds. The number of fused-ring (bicyclic) bond motifs is 1. The van der Waals surface area contributed by atoms with Gasteiger partial charge in [0.15, 0.2) is 5.82 Å². The van der Waals surface area contributed by atoms with Gasteiger partial charge >= 0.3 is 51.4 Å². The molecule has 0 saturated carbocycles. The maximum atomic E-state index is 12.9. The molecule has 202 valence electrons. The summed E-state index contributed by atoms with van der Waals surface area (Å²) in [5.41, 5.74) is 5.86. The van der Waals surface area contributed by atoms with Gasteiger partial charge in [0.05, 0.1) is 4.90 Å². The number of nitrogens with two attached hydrogens (primary N) is 1. The number of amides is 2. The Labute approximate surface area is 270 Å². The zero-order valence-electron chi connectivity index (χ0n) is 20.5. The van der Waals surface area contributed by atoms with Gasteiger partial charge in [-0.2, -0.15) is 27.0 Å². The molecule has 0 atom stereocenters. The zero-order chi connectivity index (χ0) is 27.3. The van der Waals surface area contributed by atoms with Crippen LogP contribution < -0.4 is 67.8 Å². The van der Waals surface area contributed by atoms with Gasteiger partial charge in [-0.3, -0.25) is 28.1 Å². The molecule has 15 nitrogen and oxygen atoms in total. The molecule has 0 radical (unpaired) electrons. The second-order valence-corrected chi connectivity index (χ2v) is 10.6. The number of anilines is 3. The number of carbonyl (C=O) groups excluding carboxylic acids is 2. The summed E-state index contributed by atoms with van der Waals surface area (Å²) >= 11 is 0. The number of aryl methyl sites for hydroxylation is 2. The van der Waals surface area contributed by atoms with Crippen molar-refractivity contribution in [2.45, 2.75) is 9.79 Å². The molecule has 0 aliphatic heterocycles. The van der Waals surface area contributed by atoms with Crippen LogP contribution in [0.3, 0.4) is 0 Å². The van der Waals surface area contributed by atoms with Crippen LogP contribution in [0.1, 0.15) is 21.0 Å². The van der Waals surface area contributed by atoms with E-state index in [0.717, 1.165) is 6.07 Å². The van der Waals surface area contributed by atoms with Crippen LogP contribution in [0.5, 0.6) is 0 Å². The number of hydrogen-bond donors (Lipinski definition) is 5. The molecule has 0 bridgehead atoms. The van der Waals surface area contributed by atoms with E-state index >= 15 is 0 Å². The van der Waals surface area contributed by atoms with E-state index in [1.165, 1.54) is 53.8 Å². The van der Waals surface area contributed by atoms with Crippen molar-refractivity contribution in [3.05, 3.63) is 53.9 Å². The van der Waals surface area contributed by atoms with Crippen LogP contribution >= 0.6 is 12.4 Å². The summed E-state index contributed by atoms with van der Waals surface area (Å²) in [7, 11) is -6.68. The Balaban J connectivity index is 0.00000267. The Hall–Kier alpha value is -2.39. The van der Waals surface area contributed by atoms with Crippen molar-refractivity contribution < 1.29 is 86.9 Å². The maximum Gasteiger partial charge on any atom is 1.00 e. The summed E-state index contributed by atoms with van der Waals surface area (Å²) in [5, 5.41) is 13.0. The van der Waals surface area contributed by atoms with E-state index in [4.69, 9.17) is 5.73 Å². The van der Waals surface area contributed by atoms with Crippen molar-refractivity contribution in [3.63, 3.8) is 0 Å². The standard InChI is InChI=1S/C20H19N7O8S2.ClH.K/c1-26-14(8-17(21)24-26)20(29)23-18-9-15(27(2)25-18)19(28)22-11-4-3-10-5-12(36(30,31)32)7-16(13(10)6-11)37(33,34)35;;/h3-9H,1-2H3,(H2,21,24)(H,22,28)(H,23,25,29)(H,30,31,32)(H,33,34,35);1H;/q;;+1. The van der Waals surface area contributed by atoms with E-state index < -0.39 is 41.8 Å². The number of halogens is 1. The summed E-state index contributed by atoms with van der Waals surface area (Å²) in [6, 6.07) is 8.13. The van der Waals surface area contributed by atoms with Crippen molar-refractivity contribution in [1.82, 2.24) is 19.6 Å². The molecule has 0 fully saturated rings. The van der Waals surface area contributed by atoms with E-state index in [1.807, 2.05) is 0 Å². The van der Waals surface area contributed by atoms with Crippen LogP contribution in [0.25, 0.3) is 10.8 Å². The SMILES string of the molecule is Cl.Cn1nc(NC(=O)c2cc(N)nn2C)cc1C(=O)Nc1ccc2cc(S(=O)(=O)O)cc(S(=O)(=O)O)c2c1.[K+]. The second-order valence-electron chi connectivity index (χ2n) is 7.83. The molecule has 0 aliphatic carbocycles. The Morgan fingerprint density at radius 3 is 2.00 bits per heavy atom. The average Bonchev–Trinajstić information content (AvgIpc) is 3.32. The monoisotopic (exact) mass is 624 g/mol. The second kappa shape index (κ2) is 12.0. The third-order valence-electron chi connectivity index (χ3n) is 5.21. The van der Waals surface area contributed by atoms with Crippen molar-refractivity contribution in [2.75, 3.05) is 16.4 Å². The van der Waals surface area contributed by atoms with Gasteiger partial charge in [-0.1, -0.05) is 6.07 Å². The Bertz CT molecular complexity index is 1820. The molecule has 4 rings (SSSR count). The van der Waals surface area contributed by atoms with E-state index in [-0.39, 0.29) is 103 Å². The van der Waals surface area contributed by atoms with Crippen LogP contribution in [-0.4, -0.2) is 57.3 Å². The average molecular weight is 625 g/mol. The first-order chi connectivity index (χ1) is 17.1. The van der Waals surface area contributed by atoms with Crippen LogP contribution in [0.2, 0.25) is 0 Å². The molecule has 4 aromatic rings. The third kappa shape index (κ3) is 7.22. The molecule has 39 heavy (non-hydrogen) atoms. The fourth-order valence-corrected chi connectivity index (χ4v) is 4.90. The molecule has 0 saturated heterocycles. The van der Waals surface area contributed by atoms with Gasteiger partial charge in [-0.25, -0.2) is 0 Å². The van der Waals surface area contributed by atoms with Gasteiger partial charge in [0.2, 0.25) is 0 Å². The molecule has 0 unspecified atom stereocenters. The number of nitrogen functional groups attached to an aromatic ring is 1. The van der Waals surface area contributed by atoms with E-state index in [1.54, 1.807) is 0 Å². The number of hydrogen-bond acceptors (Lipinski definition) is 9. The van der Waals surface area contributed by atoms with E-state index in [9.17, 15) is 35.5 Å². The molecular weight excluding hydrogens is 605 g/mol. The number of nitrogens with one attached hydrogen (secondary N) is 2. The molecular formula is C20H20ClKN7O8S2+. The summed E-state index contributed by atoms with van der Waals surface area (Å²) in [6.07, 6.45) is 0. The van der Waals surface area contributed by atoms with Crippen molar-refractivity contribution >= 4 is 72.6 Å². The van der Waals surface area contributed by atoms with E-state index in [0.29, 0.717) is 6.07 Å². The Kier molecular flexibility index (Phi) is 10.1. The minimum Gasteiger partial charge on any atom is -0.382 e. The van der Waals surface area contributed by atoms with Gasteiger partial charge < -0.3 is 16.4 Å². The molecule has 2 heterocycles. The normalized spacial score (nSPS) is 11.4. The predicted octanol–water partition coefficient (Wildman–Crippen LogP) is -1.69. The summed E-state index contributed by atoms with van der Waals surface area (Å²) < 4.78 is 68.1. The van der Waals surface area contributed by atoms with Crippen LogP contribution in [0, 0.1) is 0 Å². The third-order valence-corrected chi connectivity index (χ3v) is 6.93. The fraction of sp³-hybridized carbons (Fsp3) is 0.100. The number of rotatable bonds is 6. The van der Waals surface area contributed by atoms with Crippen LogP contribution in [0.15, 0.2) is 52.3 Å². The minimum absolute atomic E-state index is 0. The molecule has 2 aromatic heterocycles. The molecule has 0 aliphatic rings. The van der Waals surface area contributed by atoms with Crippen LogP contribution in [-0.2, 0) is 34.3 Å². The molecule has 2 aromatic carbocycles. The number of aromatic nitrogens is 4. The summed E-state index contributed by atoms with van der Waals surface area (Å²) in [5.74, 6) is -1.03. The Morgan fingerprint density at radius 1 is 0.846 bits per heavy atom. The fourth-order valence-electron chi connectivity index (χ4n) is 3.56. The number of benzene rings is 2. The smallest absolute Gasteiger partial charge is 0.382 e. The van der Waals surface area contributed by atoms with Crippen molar-refractivity contribution in [1.29, 1.82) is 0 Å².